The van der Waals surface area contributed by atoms with E-state index in [1.165, 1.54) is 12.1 Å². The average Bonchev–Trinajstić information content (AvgIpc) is 2.61. The normalized spacial score (nSPS) is 10.0. The largest absolute Gasteiger partial charge is 0.322 e. The number of nitrogens with zero attached hydrogens (tertiary/aromatic N) is 3. The molecule has 0 aliphatic carbocycles. The van der Waals surface area contributed by atoms with Gasteiger partial charge in [-0.3, -0.25) is 0 Å². The molecule has 0 atom stereocenters. The summed E-state index contributed by atoms with van der Waals surface area (Å²) in [5.74, 6) is -0.534. The first-order valence-electron chi connectivity index (χ1n) is 7.71. The molecule has 0 aliphatic rings. The highest BCUT2D eigenvalue weighted by Crippen LogP contribution is 2.18. The van der Waals surface area contributed by atoms with Crippen molar-refractivity contribution >= 4 is 11.7 Å². The standard InChI is InChI=1S/C19H17FN4O/c1-13(2)24(12-15-5-3-14(10-21)4-6-15)19(25)23-18-8-7-17(20)9-16(18)11-22/h3-9,13H,12H2,1-2H3,(H,23,25). The summed E-state index contributed by atoms with van der Waals surface area (Å²) in [7, 11) is 0. The summed E-state index contributed by atoms with van der Waals surface area (Å²) in [5.41, 5.74) is 1.76. The number of urea groups is 1. The predicted molar refractivity (Wildman–Crippen MR) is 92.0 cm³/mol. The van der Waals surface area contributed by atoms with Crippen LogP contribution in [-0.4, -0.2) is 17.0 Å². The van der Waals surface area contributed by atoms with E-state index in [-0.39, 0.29) is 23.3 Å². The number of nitrogens with one attached hydrogen (secondary N) is 1. The number of hydrogen-bond acceptors (Lipinski definition) is 3. The fourth-order valence-corrected chi connectivity index (χ4v) is 2.28. The van der Waals surface area contributed by atoms with Crippen molar-refractivity contribution in [3.05, 3.63) is 65.0 Å². The minimum Gasteiger partial charge on any atom is -0.318 e. The lowest BCUT2D eigenvalue weighted by Crippen LogP contribution is -2.39. The number of anilines is 1. The molecule has 0 radical (unpaired) electrons. The molecule has 0 saturated carbocycles. The molecule has 2 rings (SSSR count). The second-order valence-electron chi connectivity index (χ2n) is 5.76. The first-order chi connectivity index (χ1) is 11.9. The molecule has 1 N–H and O–H groups in total. The van der Waals surface area contributed by atoms with Crippen LogP contribution in [0.4, 0.5) is 14.9 Å². The molecule has 25 heavy (non-hydrogen) atoms. The maximum Gasteiger partial charge on any atom is 0.322 e. The van der Waals surface area contributed by atoms with Gasteiger partial charge in [-0.2, -0.15) is 10.5 Å². The third-order valence-electron chi connectivity index (χ3n) is 3.66. The van der Waals surface area contributed by atoms with Gasteiger partial charge in [-0.15, -0.1) is 0 Å². The maximum absolute atomic E-state index is 13.2. The lowest BCUT2D eigenvalue weighted by molar-refractivity contribution is 0.193. The quantitative estimate of drug-likeness (QED) is 0.916. The van der Waals surface area contributed by atoms with E-state index < -0.39 is 5.82 Å². The Kier molecular flexibility index (Phi) is 5.71. The van der Waals surface area contributed by atoms with Crippen LogP contribution in [0.3, 0.4) is 0 Å². The van der Waals surface area contributed by atoms with E-state index in [1.807, 2.05) is 26.0 Å². The first kappa shape index (κ1) is 18.0. The maximum atomic E-state index is 13.2. The fourth-order valence-electron chi connectivity index (χ4n) is 2.28. The molecular weight excluding hydrogens is 319 g/mol. The number of halogens is 1. The van der Waals surface area contributed by atoms with Crippen molar-refractivity contribution in [2.45, 2.75) is 26.4 Å². The van der Waals surface area contributed by atoms with Crippen LogP contribution in [-0.2, 0) is 6.54 Å². The Hall–Kier alpha value is -3.38. The van der Waals surface area contributed by atoms with Crippen LogP contribution < -0.4 is 5.32 Å². The molecule has 0 heterocycles. The third kappa shape index (κ3) is 4.55. The monoisotopic (exact) mass is 336 g/mol. The van der Waals surface area contributed by atoms with Gasteiger partial charge in [-0.25, -0.2) is 9.18 Å². The topological polar surface area (TPSA) is 79.9 Å². The highest BCUT2D eigenvalue weighted by Gasteiger charge is 2.19. The van der Waals surface area contributed by atoms with Gasteiger partial charge in [0.25, 0.3) is 0 Å². The minimum absolute atomic E-state index is 0.0652. The van der Waals surface area contributed by atoms with Crippen molar-refractivity contribution in [3.63, 3.8) is 0 Å². The fraction of sp³-hybridized carbons (Fsp3) is 0.211. The van der Waals surface area contributed by atoms with Crippen molar-refractivity contribution in [3.8, 4) is 12.1 Å². The summed E-state index contributed by atoms with van der Waals surface area (Å²) in [6, 6.07) is 14.0. The average molecular weight is 336 g/mol. The van der Waals surface area contributed by atoms with Crippen molar-refractivity contribution in [1.82, 2.24) is 4.90 Å². The zero-order valence-electron chi connectivity index (χ0n) is 14.0. The highest BCUT2D eigenvalue weighted by molar-refractivity contribution is 5.91. The minimum atomic E-state index is -0.534. The lowest BCUT2D eigenvalue weighted by Gasteiger charge is -2.27. The van der Waals surface area contributed by atoms with Gasteiger partial charge in [-0.05, 0) is 49.7 Å². The molecule has 6 heteroatoms. The summed E-state index contributed by atoms with van der Waals surface area (Å²) in [6.45, 7) is 4.09. The van der Waals surface area contributed by atoms with Crippen LogP contribution in [0.2, 0.25) is 0 Å². The third-order valence-corrected chi connectivity index (χ3v) is 3.66. The van der Waals surface area contributed by atoms with Gasteiger partial charge >= 0.3 is 6.03 Å². The molecular formula is C19H17FN4O. The second-order valence-corrected chi connectivity index (χ2v) is 5.76. The summed E-state index contributed by atoms with van der Waals surface area (Å²) in [4.78, 5) is 14.2. The van der Waals surface area contributed by atoms with Crippen molar-refractivity contribution in [1.29, 1.82) is 10.5 Å². The van der Waals surface area contributed by atoms with Crippen molar-refractivity contribution < 1.29 is 9.18 Å². The first-order valence-corrected chi connectivity index (χ1v) is 7.71. The number of carbonyl (C=O) groups is 1. The Morgan fingerprint density at radius 3 is 2.40 bits per heavy atom. The van der Waals surface area contributed by atoms with Crippen LogP contribution in [0.25, 0.3) is 0 Å². The number of nitriles is 2. The van der Waals surface area contributed by atoms with Gasteiger partial charge in [0.2, 0.25) is 0 Å². The molecule has 5 nitrogen and oxygen atoms in total. The van der Waals surface area contributed by atoms with E-state index >= 15 is 0 Å². The molecule has 0 bridgehead atoms. The molecule has 2 amide bonds. The molecule has 0 aliphatic heterocycles. The zero-order valence-corrected chi connectivity index (χ0v) is 14.0. The van der Waals surface area contributed by atoms with E-state index in [0.29, 0.717) is 12.1 Å². The van der Waals surface area contributed by atoms with Crippen LogP contribution in [0.15, 0.2) is 42.5 Å². The summed E-state index contributed by atoms with van der Waals surface area (Å²) in [5, 5.41) is 20.6. The van der Waals surface area contributed by atoms with Gasteiger partial charge in [0.1, 0.15) is 11.9 Å². The number of carbonyl (C=O) groups excluding carboxylic acids is 1. The number of amides is 2. The van der Waals surface area contributed by atoms with Crippen LogP contribution in [0.5, 0.6) is 0 Å². The molecule has 0 saturated heterocycles. The number of hydrogen-bond donors (Lipinski definition) is 1. The predicted octanol–water partition coefficient (Wildman–Crippen LogP) is 4.01. The van der Waals surface area contributed by atoms with Crippen molar-refractivity contribution in [2.75, 3.05) is 5.32 Å². The summed E-state index contributed by atoms with van der Waals surface area (Å²) in [6.07, 6.45) is 0. The molecule has 0 unspecified atom stereocenters. The molecule has 0 fully saturated rings. The lowest BCUT2D eigenvalue weighted by atomic mass is 10.1. The van der Waals surface area contributed by atoms with E-state index in [0.717, 1.165) is 11.6 Å². The second kappa shape index (κ2) is 7.94. The zero-order chi connectivity index (χ0) is 18.4. The Labute approximate surface area is 145 Å². The highest BCUT2D eigenvalue weighted by atomic mass is 19.1. The van der Waals surface area contributed by atoms with Gasteiger partial charge in [0.05, 0.1) is 22.9 Å². The van der Waals surface area contributed by atoms with Gasteiger partial charge in [0.15, 0.2) is 0 Å². The van der Waals surface area contributed by atoms with Crippen LogP contribution in [0.1, 0.15) is 30.5 Å². The number of benzene rings is 2. The molecule has 126 valence electrons. The smallest absolute Gasteiger partial charge is 0.318 e. The Morgan fingerprint density at radius 1 is 1.16 bits per heavy atom. The van der Waals surface area contributed by atoms with E-state index in [2.05, 4.69) is 5.32 Å². The van der Waals surface area contributed by atoms with Crippen LogP contribution in [0, 0.1) is 28.5 Å². The molecule has 2 aromatic carbocycles. The van der Waals surface area contributed by atoms with Crippen LogP contribution >= 0.6 is 0 Å². The SMILES string of the molecule is CC(C)N(Cc1ccc(C#N)cc1)C(=O)Nc1ccc(F)cc1C#N. The van der Waals surface area contributed by atoms with E-state index in [1.54, 1.807) is 29.2 Å². The Balaban J connectivity index is 2.18. The Morgan fingerprint density at radius 2 is 1.84 bits per heavy atom. The summed E-state index contributed by atoms with van der Waals surface area (Å²) >= 11 is 0. The van der Waals surface area contributed by atoms with E-state index in [4.69, 9.17) is 10.5 Å². The molecule has 2 aromatic rings. The molecule has 0 aromatic heterocycles. The van der Waals surface area contributed by atoms with Gasteiger partial charge < -0.3 is 10.2 Å². The molecule has 0 spiro atoms. The van der Waals surface area contributed by atoms with Gasteiger partial charge in [-0.1, -0.05) is 12.1 Å². The number of rotatable bonds is 4. The summed E-state index contributed by atoms with van der Waals surface area (Å²) < 4.78 is 13.2. The van der Waals surface area contributed by atoms with Gasteiger partial charge in [0, 0.05) is 12.6 Å². The van der Waals surface area contributed by atoms with E-state index in [9.17, 15) is 9.18 Å². The Bertz CT molecular complexity index is 847. The van der Waals surface area contributed by atoms with Crippen molar-refractivity contribution in [2.24, 2.45) is 0 Å².